The van der Waals surface area contributed by atoms with Gasteiger partial charge in [-0.3, -0.25) is 4.79 Å². The van der Waals surface area contributed by atoms with Crippen molar-refractivity contribution in [2.75, 3.05) is 32.1 Å². The van der Waals surface area contributed by atoms with Gasteiger partial charge in [0, 0.05) is 18.8 Å². The summed E-state index contributed by atoms with van der Waals surface area (Å²) in [5, 5.41) is 2.66. The number of anilines is 1. The molecule has 8 nitrogen and oxygen atoms in total. The van der Waals surface area contributed by atoms with Crippen molar-refractivity contribution in [3.05, 3.63) is 58.1 Å². The first-order valence-corrected chi connectivity index (χ1v) is 12.3. The van der Waals surface area contributed by atoms with Gasteiger partial charge in [-0.1, -0.05) is 23.7 Å². The van der Waals surface area contributed by atoms with Crippen molar-refractivity contribution in [3.8, 4) is 0 Å². The Bertz CT molecular complexity index is 1150. The first kappa shape index (κ1) is 25.2. The van der Waals surface area contributed by atoms with E-state index in [0.717, 1.165) is 21.9 Å². The van der Waals surface area contributed by atoms with E-state index in [1.165, 1.54) is 25.3 Å². The molecule has 0 bridgehead atoms. The Kier molecular flexibility index (Phi) is 8.12. The Morgan fingerprint density at radius 3 is 2.64 bits per heavy atom. The van der Waals surface area contributed by atoms with Gasteiger partial charge < -0.3 is 14.8 Å². The van der Waals surface area contributed by atoms with Gasteiger partial charge in [0.25, 0.3) is 0 Å². The molecule has 1 saturated heterocycles. The van der Waals surface area contributed by atoms with E-state index < -0.39 is 28.4 Å². The Labute approximate surface area is 198 Å². The van der Waals surface area contributed by atoms with Crippen molar-refractivity contribution in [2.45, 2.75) is 37.7 Å². The second-order valence-corrected chi connectivity index (χ2v) is 10.2. The fraction of sp³-hybridized carbons (Fsp3) is 0.391. The van der Waals surface area contributed by atoms with Crippen LogP contribution < -0.4 is 5.32 Å². The van der Waals surface area contributed by atoms with E-state index in [2.05, 4.69) is 10.1 Å². The number of benzene rings is 2. The van der Waals surface area contributed by atoms with Gasteiger partial charge in [0.05, 0.1) is 30.3 Å². The van der Waals surface area contributed by atoms with Gasteiger partial charge >= 0.3 is 5.97 Å². The number of methoxy groups -OCH3 is 1. The van der Waals surface area contributed by atoms with E-state index in [9.17, 15) is 18.0 Å². The topological polar surface area (TPSA) is 102 Å². The lowest BCUT2D eigenvalue weighted by molar-refractivity contribution is -0.116. The SMILES string of the molecule is COC(=O)c1ccc(S(=O)(=O)N(CC(=O)Nc2cccc(C)c2C)CC2CCCO2)c(Cl)c1. The van der Waals surface area contributed by atoms with Crippen LogP contribution in [0.25, 0.3) is 0 Å². The molecule has 1 fully saturated rings. The van der Waals surface area contributed by atoms with Gasteiger partial charge in [-0.25, -0.2) is 13.2 Å². The molecule has 10 heteroatoms. The predicted molar refractivity (Wildman–Crippen MR) is 125 cm³/mol. The molecule has 0 spiro atoms. The monoisotopic (exact) mass is 494 g/mol. The van der Waals surface area contributed by atoms with E-state index in [1.54, 1.807) is 6.07 Å². The molecule has 178 valence electrons. The van der Waals surface area contributed by atoms with Crippen LogP contribution in [0.5, 0.6) is 0 Å². The minimum atomic E-state index is -4.17. The molecule has 1 N–H and O–H groups in total. The third-order valence-corrected chi connectivity index (χ3v) is 7.90. The van der Waals surface area contributed by atoms with Gasteiger partial charge in [-0.15, -0.1) is 0 Å². The highest BCUT2D eigenvalue weighted by atomic mass is 35.5. The zero-order valence-corrected chi connectivity index (χ0v) is 20.3. The van der Waals surface area contributed by atoms with Crippen molar-refractivity contribution in [3.63, 3.8) is 0 Å². The largest absolute Gasteiger partial charge is 0.465 e. The number of halogens is 1. The van der Waals surface area contributed by atoms with Crippen LogP contribution in [0, 0.1) is 13.8 Å². The molecule has 0 aliphatic carbocycles. The highest BCUT2D eigenvalue weighted by Crippen LogP contribution is 2.28. The van der Waals surface area contributed by atoms with E-state index in [1.807, 2.05) is 26.0 Å². The van der Waals surface area contributed by atoms with Gasteiger partial charge in [-0.2, -0.15) is 4.31 Å². The zero-order valence-electron chi connectivity index (χ0n) is 18.8. The summed E-state index contributed by atoms with van der Waals surface area (Å²) in [5.74, 6) is -1.11. The van der Waals surface area contributed by atoms with Crippen LogP contribution in [0.1, 0.15) is 34.3 Å². The predicted octanol–water partition coefficient (Wildman–Crippen LogP) is 3.55. The number of esters is 1. The van der Waals surface area contributed by atoms with E-state index in [0.29, 0.717) is 18.7 Å². The summed E-state index contributed by atoms with van der Waals surface area (Å²) in [6.07, 6.45) is 1.20. The number of carbonyl (C=O) groups excluding carboxylic acids is 2. The maximum absolute atomic E-state index is 13.5. The van der Waals surface area contributed by atoms with Crippen LogP contribution in [0.2, 0.25) is 5.02 Å². The summed E-state index contributed by atoms with van der Waals surface area (Å²) in [6.45, 7) is 3.96. The van der Waals surface area contributed by atoms with E-state index >= 15 is 0 Å². The molecule has 2 aromatic carbocycles. The van der Waals surface area contributed by atoms with Crippen molar-refractivity contribution >= 4 is 39.2 Å². The molecule has 0 saturated carbocycles. The summed E-state index contributed by atoms with van der Waals surface area (Å²) in [4.78, 5) is 24.4. The number of rotatable bonds is 8. The average molecular weight is 495 g/mol. The van der Waals surface area contributed by atoms with Gasteiger partial charge in [0.1, 0.15) is 4.90 Å². The molecule has 33 heavy (non-hydrogen) atoms. The zero-order chi connectivity index (χ0) is 24.2. The van der Waals surface area contributed by atoms with Gasteiger partial charge in [0.15, 0.2) is 0 Å². The molecular formula is C23H27ClN2O6S. The summed E-state index contributed by atoms with van der Waals surface area (Å²) in [5.41, 5.74) is 2.66. The van der Waals surface area contributed by atoms with Crippen LogP contribution >= 0.6 is 11.6 Å². The molecule has 3 rings (SSSR count). The van der Waals surface area contributed by atoms with Crippen LogP contribution in [0.3, 0.4) is 0 Å². The number of hydrogen-bond acceptors (Lipinski definition) is 6. The summed E-state index contributed by atoms with van der Waals surface area (Å²) >= 11 is 6.23. The van der Waals surface area contributed by atoms with Crippen molar-refractivity contribution in [1.82, 2.24) is 4.31 Å². The Hall–Kier alpha value is -2.46. The van der Waals surface area contributed by atoms with E-state index in [-0.39, 0.29) is 28.1 Å². The molecule has 2 aromatic rings. The third kappa shape index (κ3) is 5.92. The number of nitrogens with one attached hydrogen (secondary N) is 1. The number of ether oxygens (including phenoxy) is 2. The molecule has 1 unspecified atom stereocenters. The number of hydrogen-bond donors (Lipinski definition) is 1. The Morgan fingerprint density at radius 1 is 1.24 bits per heavy atom. The van der Waals surface area contributed by atoms with Gasteiger partial charge in [0.2, 0.25) is 15.9 Å². The fourth-order valence-electron chi connectivity index (χ4n) is 3.59. The van der Waals surface area contributed by atoms with Crippen LogP contribution in [0.15, 0.2) is 41.3 Å². The number of aryl methyl sites for hydroxylation is 1. The van der Waals surface area contributed by atoms with Crippen molar-refractivity contribution < 1.29 is 27.5 Å². The van der Waals surface area contributed by atoms with Crippen LogP contribution in [-0.2, 0) is 24.3 Å². The molecule has 1 aliphatic heterocycles. The third-order valence-electron chi connectivity index (χ3n) is 5.60. The first-order valence-electron chi connectivity index (χ1n) is 10.5. The number of nitrogens with zero attached hydrogens (tertiary/aromatic N) is 1. The first-order chi connectivity index (χ1) is 15.6. The van der Waals surface area contributed by atoms with Crippen LogP contribution in [-0.4, -0.2) is 57.5 Å². The lowest BCUT2D eigenvalue weighted by Gasteiger charge is -2.25. The lowest BCUT2D eigenvalue weighted by atomic mass is 10.1. The summed E-state index contributed by atoms with van der Waals surface area (Å²) in [6, 6.07) is 9.32. The van der Waals surface area contributed by atoms with Gasteiger partial charge in [-0.05, 0) is 62.1 Å². The number of amides is 1. The molecule has 1 atom stereocenters. The highest BCUT2D eigenvalue weighted by molar-refractivity contribution is 7.89. The summed E-state index contributed by atoms with van der Waals surface area (Å²) < 4.78 is 38.3. The Balaban J connectivity index is 1.88. The number of carbonyl (C=O) groups is 2. The quantitative estimate of drug-likeness (QED) is 0.563. The van der Waals surface area contributed by atoms with Crippen molar-refractivity contribution in [1.29, 1.82) is 0 Å². The van der Waals surface area contributed by atoms with Crippen molar-refractivity contribution in [2.24, 2.45) is 0 Å². The van der Waals surface area contributed by atoms with Crippen LogP contribution in [0.4, 0.5) is 5.69 Å². The molecule has 0 radical (unpaired) electrons. The maximum Gasteiger partial charge on any atom is 0.337 e. The maximum atomic E-state index is 13.5. The summed E-state index contributed by atoms with van der Waals surface area (Å²) in [7, 11) is -2.94. The minimum Gasteiger partial charge on any atom is -0.465 e. The normalized spacial score (nSPS) is 16.1. The fourth-order valence-corrected chi connectivity index (χ4v) is 5.54. The average Bonchev–Trinajstić information content (AvgIpc) is 3.29. The molecule has 1 aliphatic rings. The molecule has 1 amide bonds. The second kappa shape index (κ2) is 10.6. The minimum absolute atomic E-state index is 0.0115. The molecule has 1 heterocycles. The highest BCUT2D eigenvalue weighted by Gasteiger charge is 2.32. The standard InChI is InChI=1S/C23H27ClN2O6S/c1-15-6-4-8-20(16(15)2)25-22(27)14-26(13-18-7-5-11-32-18)33(29,30)21-10-9-17(12-19(21)24)23(28)31-3/h4,6,8-10,12,18H,5,7,11,13-14H2,1-3H3,(H,25,27). The smallest absolute Gasteiger partial charge is 0.337 e. The van der Waals surface area contributed by atoms with E-state index in [4.69, 9.17) is 16.3 Å². The molecular weight excluding hydrogens is 468 g/mol. The Morgan fingerprint density at radius 2 is 2.00 bits per heavy atom. The lowest BCUT2D eigenvalue weighted by Crippen LogP contribution is -2.42. The second-order valence-electron chi connectivity index (χ2n) is 7.87. The number of sulfonamides is 1. The molecule has 0 aromatic heterocycles.